The van der Waals surface area contributed by atoms with Crippen molar-refractivity contribution in [3.05, 3.63) is 109 Å². The van der Waals surface area contributed by atoms with Crippen molar-refractivity contribution in [3.63, 3.8) is 0 Å². The number of nitrogens with one attached hydrogen (secondary N) is 1. The van der Waals surface area contributed by atoms with Gasteiger partial charge in [-0.2, -0.15) is 40.1 Å². The lowest BCUT2D eigenvalue weighted by molar-refractivity contribution is 0.189. The molecule has 0 saturated heterocycles. The van der Waals surface area contributed by atoms with Crippen molar-refractivity contribution in [1.82, 2.24) is 58.6 Å². The number of hydrogen-bond acceptors (Lipinski definition) is 11. The Bertz CT molecular complexity index is 2430. The Labute approximate surface area is 285 Å². The molecule has 1 N–H and O–H groups in total. The third kappa shape index (κ3) is 5.48. The van der Waals surface area contributed by atoms with Gasteiger partial charge in [0.25, 0.3) is 11.9 Å². The van der Waals surface area contributed by atoms with Gasteiger partial charge in [0.1, 0.15) is 12.8 Å². The highest BCUT2D eigenvalue weighted by Gasteiger charge is 2.31. The van der Waals surface area contributed by atoms with Crippen molar-refractivity contribution < 1.29 is 9.47 Å². The molecule has 0 aliphatic heterocycles. The molecule has 15 nitrogen and oxygen atoms in total. The SMILES string of the molecule is COCNc1nc(-n2nccc2C2CCC(Oc3nc(-n4cccn4)nc(-n4ccc5ccccc54)n3)C2)nc(-n2ccc3ccccc32)n1. The van der Waals surface area contributed by atoms with Gasteiger partial charge in [0.2, 0.25) is 17.8 Å². The summed E-state index contributed by atoms with van der Waals surface area (Å²) in [5, 5.41) is 14.3. The van der Waals surface area contributed by atoms with E-state index in [1.165, 1.54) is 0 Å². The van der Waals surface area contributed by atoms with Crippen LogP contribution < -0.4 is 10.1 Å². The maximum absolute atomic E-state index is 6.50. The minimum Gasteiger partial charge on any atom is -0.460 e. The second kappa shape index (κ2) is 12.5. The molecule has 9 rings (SSSR count). The zero-order chi connectivity index (χ0) is 33.4. The molecule has 8 aromatic rings. The Morgan fingerprint density at radius 1 is 0.680 bits per heavy atom. The Balaban J connectivity index is 1.01. The molecule has 2 aromatic carbocycles. The molecular weight excluding hydrogens is 634 g/mol. The van der Waals surface area contributed by atoms with Gasteiger partial charge < -0.3 is 14.8 Å². The molecule has 15 heteroatoms. The van der Waals surface area contributed by atoms with Gasteiger partial charge in [0, 0.05) is 54.8 Å². The van der Waals surface area contributed by atoms with E-state index in [9.17, 15) is 0 Å². The Kier molecular flexibility index (Phi) is 7.42. The fourth-order valence-electron chi connectivity index (χ4n) is 6.53. The minimum absolute atomic E-state index is 0.130. The zero-order valence-electron chi connectivity index (χ0n) is 27.0. The fraction of sp³-hybridized carbons (Fsp3) is 0.200. The number of hydrogen-bond donors (Lipinski definition) is 1. The first-order valence-electron chi connectivity index (χ1n) is 16.3. The average molecular weight is 666 g/mol. The number of anilines is 1. The van der Waals surface area contributed by atoms with Crippen LogP contribution in [0.3, 0.4) is 0 Å². The standard InChI is InChI=1S/C35H31N13O2/c1-49-22-36-30-39-31(45-19-14-23-7-2-4-9-27(23)45)42-34(40-30)48-29(13-17-38-48)25-11-12-26(21-25)50-35-43-32(41-33(44-35)47-18-6-16-37-47)46-20-15-24-8-3-5-10-28(24)46/h2-10,13-20,25-26H,11-12,21-22H2,1H3,(H,36,39,40,42). The van der Waals surface area contributed by atoms with Crippen molar-refractivity contribution in [3.8, 4) is 29.8 Å². The lowest BCUT2D eigenvalue weighted by atomic mass is 10.0. The Hall–Kier alpha value is -6.48. The fourth-order valence-corrected chi connectivity index (χ4v) is 6.53. The van der Waals surface area contributed by atoms with Crippen LogP contribution in [0.15, 0.2) is 104 Å². The molecule has 248 valence electrons. The van der Waals surface area contributed by atoms with E-state index >= 15 is 0 Å². The summed E-state index contributed by atoms with van der Waals surface area (Å²) in [6, 6.07) is 24.3. The van der Waals surface area contributed by atoms with Crippen LogP contribution in [0.2, 0.25) is 0 Å². The van der Waals surface area contributed by atoms with E-state index in [1.807, 2.05) is 82.2 Å². The summed E-state index contributed by atoms with van der Waals surface area (Å²) in [6.07, 6.45) is 11.4. The van der Waals surface area contributed by atoms with E-state index < -0.39 is 0 Å². The topological polar surface area (TPSA) is 153 Å². The molecule has 6 aromatic heterocycles. The normalized spacial score (nSPS) is 16.0. The van der Waals surface area contributed by atoms with E-state index in [0.717, 1.165) is 46.8 Å². The number of rotatable bonds is 10. The summed E-state index contributed by atoms with van der Waals surface area (Å²) in [5.41, 5.74) is 2.95. The molecular formula is C35H31N13O2. The number of nitrogens with zero attached hydrogens (tertiary/aromatic N) is 12. The van der Waals surface area contributed by atoms with Crippen LogP contribution >= 0.6 is 0 Å². The summed E-state index contributed by atoms with van der Waals surface area (Å²) in [7, 11) is 1.61. The van der Waals surface area contributed by atoms with Gasteiger partial charge >= 0.3 is 6.01 Å². The Morgan fingerprint density at radius 2 is 1.38 bits per heavy atom. The highest BCUT2D eigenvalue weighted by Crippen LogP contribution is 2.37. The van der Waals surface area contributed by atoms with Gasteiger partial charge in [-0.25, -0.2) is 9.36 Å². The van der Waals surface area contributed by atoms with Crippen molar-refractivity contribution in [2.24, 2.45) is 0 Å². The molecule has 0 spiro atoms. The van der Waals surface area contributed by atoms with Gasteiger partial charge in [0.15, 0.2) is 0 Å². The quantitative estimate of drug-likeness (QED) is 0.195. The first kappa shape index (κ1) is 29.6. The van der Waals surface area contributed by atoms with E-state index in [-0.39, 0.29) is 24.8 Å². The molecule has 2 atom stereocenters. The van der Waals surface area contributed by atoms with Crippen molar-refractivity contribution >= 4 is 27.8 Å². The van der Waals surface area contributed by atoms with E-state index in [4.69, 9.17) is 29.4 Å². The second-order valence-electron chi connectivity index (χ2n) is 11.9. The molecule has 0 radical (unpaired) electrons. The number of benzene rings is 2. The van der Waals surface area contributed by atoms with Gasteiger partial charge in [0.05, 0.1) is 16.7 Å². The summed E-state index contributed by atoms with van der Waals surface area (Å²) in [6.45, 7) is 0.240. The Morgan fingerprint density at radius 3 is 2.12 bits per heavy atom. The van der Waals surface area contributed by atoms with Crippen LogP contribution in [-0.2, 0) is 4.74 Å². The summed E-state index contributed by atoms with van der Waals surface area (Å²) in [4.78, 5) is 28.4. The van der Waals surface area contributed by atoms with Crippen molar-refractivity contribution in [1.29, 1.82) is 0 Å². The molecule has 1 aliphatic rings. The third-order valence-corrected chi connectivity index (χ3v) is 8.85. The molecule has 1 aliphatic carbocycles. The molecule has 2 unspecified atom stereocenters. The van der Waals surface area contributed by atoms with Crippen LogP contribution in [0.1, 0.15) is 30.9 Å². The first-order chi connectivity index (χ1) is 24.7. The smallest absolute Gasteiger partial charge is 0.323 e. The number of para-hydroxylation sites is 2. The lowest BCUT2D eigenvalue weighted by Crippen LogP contribution is -2.18. The molecule has 0 amide bonds. The van der Waals surface area contributed by atoms with Gasteiger partial charge in [-0.1, -0.05) is 36.4 Å². The predicted molar refractivity (Wildman–Crippen MR) is 184 cm³/mol. The molecule has 50 heavy (non-hydrogen) atoms. The van der Waals surface area contributed by atoms with Crippen molar-refractivity contribution in [2.45, 2.75) is 31.3 Å². The summed E-state index contributed by atoms with van der Waals surface area (Å²) in [5.74, 6) is 2.21. The monoisotopic (exact) mass is 665 g/mol. The molecule has 1 fully saturated rings. The molecule has 1 saturated carbocycles. The number of methoxy groups -OCH3 is 1. The second-order valence-corrected chi connectivity index (χ2v) is 11.9. The van der Waals surface area contributed by atoms with Crippen LogP contribution in [0.5, 0.6) is 6.01 Å². The third-order valence-electron chi connectivity index (χ3n) is 8.85. The van der Waals surface area contributed by atoms with E-state index in [2.05, 4.69) is 37.6 Å². The molecule has 0 bridgehead atoms. The van der Waals surface area contributed by atoms with Crippen LogP contribution in [0, 0.1) is 0 Å². The van der Waals surface area contributed by atoms with Crippen LogP contribution in [0.4, 0.5) is 5.95 Å². The maximum Gasteiger partial charge on any atom is 0.323 e. The van der Waals surface area contributed by atoms with Gasteiger partial charge in [-0.05, 0) is 55.7 Å². The van der Waals surface area contributed by atoms with Crippen molar-refractivity contribution in [2.75, 3.05) is 19.2 Å². The highest BCUT2D eigenvalue weighted by atomic mass is 16.5. The number of aromatic nitrogens is 12. The van der Waals surface area contributed by atoms with E-state index in [1.54, 1.807) is 35.1 Å². The number of fused-ring (bicyclic) bond motifs is 2. The highest BCUT2D eigenvalue weighted by molar-refractivity contribution is 5.82. The number of ether oxygens (including phenoxy) is 2. The average Bonchev–Trinajstić information content (AvgIpc) is 4.00. The van der Waals surface area contributed by atoms with E-state index in [0.29, 0.717) is 29.7 Å². The minimum atomic E-state index is -0.135. The first-order valence-corrected chi connectivity index (χ1v) is 16.3. The summed E-state index contributed by atoms with van der Waals surface area (Å²) < 4.78 is 19.0. The van der Waals surface area contributed by atoms with Crippen LogP contribution in [-0.4, -0.2) is 78.5 Å². The maximum atomic E-state index is 6.50. The summed E-state index contributed by atoms with van der Waals surface area (Å²) >= 11 is 0. The zero-order valence-corrected chi connectivity index (χ0v) is 27.0. The van der Waals surface area contributed by atoms with Gasteiger partial charge in [-0.3, -0.25) is 9.13 Å². The largest absolute Gasteiger partial charge is 0.460 e. The van der Waals surface area contributed by atoms with Crippen LogP contribution in [0.25, 0.3) is 45.6 Å². The lowest BCUT2D eigenvalue weighted by Gasteiger charge is -2.16. The van der Waals surface area contributed by atoms with Gasteiger partial charge in [-0.15, -0.1) is 0 Å². The molecule has 6 heterocycles. The predicted octanol–water partition coefficient (Wildman–Crippen LogP) is 5.05.